The number of hydrogen-bond donors (Lipinski definition) is 2. The third-order valence-corrected chi connectivity index (χ3v) is 4.33. The Labute approximate surface area is 138 Å². The van der Waals surface area contributed by atoms with Crippen LogP contribution >= 0.6 is 0 Å². The Morgan fingerprint density at radius 2 is 2.00 bits per heavy atom. The second-order valence-corrected chi connectivity index (χ2v) is 6.25. The van der Waals surface area contributed by atoms with Crippen LogP contribution in [0.2, 0.25) is 0 Å². The maximum Gasteiger partial charge on any atom is 0.417 e. The Hall–Kier alpha value is -1.77. The number of carbonyl (C=O) groups is 1. The third kappa shape index (κ3) is 4.19. The lowest BCUT2D eigenvalue weighted by molar-refractivity contribution is -0.271. The lowest BCUT2D eigenvalue weighted by Gasteiger charge is -2.39. The van der Waals surface area contributed by atoms with E-state index in [0.29, 0.717) is 19.5 Å². The Kier molecular flexibility index (Phi) is 5.42. The van der Waals surface area contributed by atoms with Gasteiger partial charge in [-0.25, -0.2) is 4.79 Å². The predicted molar refractivity (Wildman–Crippen MR) is 81.5 cm³/mol. The molecule has 9 heteroatoms. The third-order valence-electron chi connectivity index (χ3n) is 4.33. The van der Waals surface area contributed by atoms with Gasteiger partial charge in [-0.2, -0.15) is 18.3 Å². The van der Waals surface area contributed by atoms with Crippen LogP contribution in [0.4, 0.5) is 18.0 Å². The summed E-state index contributed by atoms with van der Waals surface area (Å²) < 4.78 is 40.0. The van der Waals surface area contributed by atoms with Crippen molar-refractivity contribution in [2.75, 3.05) is 19.6 Å². The fourth-order valence-electron chi connectivity index (χ4n) is 2.80. The molecule has 0 unspecified atom stereocenters. The van der Waals surface area contributed by atoms with Gasteiger partial charge in [-0.15, -0.1) is 0 Å². The largest absolute Gasteiger partial charge is 0.417 e. The number of aromatic nitrogens is 2. The Morgan fingerprint density at radius 3 is 2.50 bits per heavy atom. The molecule has 0 spiro atoms. The Bertz CT molecular complexity index is 578. The minimum Gasteiger partial charge on any atom is -0.380 e. The predicted octanol–water partition coefficient (Wildman–Crippen LogP) is 1.99. The van der Waals surface area contributed by atoms with Gasteiger partial charge in [0, 0.05) is 44.7 Å². The van der Waals surface area contributed by atoms with Crippen molar-refractivity contribution < 1.29 is 23.1 Å². The zero-order chi connectivity index (χ0) is 18.0. The van der Waals surface area contributed by atoms with Crippen molar-refractivity contribution in [2.24, 2.45) is 0 Å². The van der Waals surface area contributed by atoms with Crippen LogP contribution in [-0.2, 0) is 6.54 Å². The van der Waals surface area contributed by atoms with Crippen molar-refractivity contribution in [1.82, 2.24) is 20.0 Å². The number of aryl methyl sites for hydroxylation is 3. The number of alkyl halides is 3. The molecule has 1 aromatic rings. The van der Waals surface area contributed by atoms with E-state index in [1.54, 1.807) is 0 Å². The van der Waals surface area contributed by atoms with Crippen molar-refractivity contribution in [3.05, 3.63) is 17.5 Å². The molecule has 6 nitrogen and oxygen atoms in total. The van der Waals surface area contributed by atoms with Crippen molar-refractivity contribution in [3.8, 4) is 0 Å². The van der Waals surface area contributed by atoms with Gasteiger partial charge in [0.1, 0.15) is 0 Å². The summed E-state index contributed by atoms with van der Waals surface area (Å²) in [6, 6.07) is 1.57. The fourth-order valence-corrected chi connectivity index (χ4v) is 2.80. The summed E-state index contributed by atoms with van der Waals surface area (Å²) in [5.41, 5.74) is -0.706. The van der Waals surface area contributed by atoms with Crippen LogP contribution in [0.15, 0.2) is 6.07 Å². The summed E-state index contributed by atoms with van der Waals surface area (Å²) in [7, 11) is 0. The maximum absolute atomic E-state index is 12.7. The summed E-state index contributed by atoms with van der Waals surface area (Å²) in [5.74, 6) is 0. The van der Waals surface area contributed by atoms with E-state index in [1.165, 1.54) is 4.90 Å². The highest BCUT2D eigenvalue weighted by molar-refractivity contribution is 5.74. The van der Waals surface area contributed by atoms with Crippen molar-refractivity contribution in [2.45, 2.75) is 51.4 Å². The molecule has 2 rings (SSSR count). The molecule has 0 radical (unpaired) electrons. The van der Waals surface area contributed by atoms with Gasteiger partial charge in [-0.1, -0.05) is 0 Å². The normalized spacial score (nSPS) is 17.8. The number of amides is 2. The second-order valence-electron chi connectivity index (χ2n) is 6.25. The standard InChI is InChI=1S/C15H23F3N4O2/c1-11-10-12(2)22(20-11)7-3-6-19-13(23)21-8-4-14(24,5-9-21)15(16,17)18/h10,24H,3-9H2,1-2H3,(H,19,23). The first-order chi connectivity index (χ1) is 11.1. The number of nitrogens with zero attached hydrogens (tertiary/aromatic N) is 3. The number of likely N-dealkylation sites (tertiary alicyclic amines) is 1. The number of urea groups is 1. The molecule has 2 amide bonds. The molecule has 0 atom stereocenters. The average molecular weight is 348 g/mol. The highest BCUT2D eigenvalue weighted by Gasteiger charge is 2.54. The van der Waals surface area contributed by atoms with E-state index >= 15 is 0 Å². The van der Waals surface area contributed by atoms with E-state index in [4.69, 9.17) is 0 Å². The van der Waals surface area contributed by atoms with E-state index in [0.717, 1.165) is 11.4 Å². The van der Waals surface area contributed by atoms with E-state index in [-0.39, 0.29) is 13.1 Å². The molecule has 2 heterocycles. The van der Waals surface area contributed by atoms with Gasteiger partial charge in [-0.05, 0) is 26.3 Å². The van der Waals surface area contributed by atoms with Gasteiger partial charge < -0.3 is 15.3 Å². The quantitative estimate of drug-likeness (QED) is 0.818. The smallest absolute Gasteiger partial charge is 0.380 e. The summed E-state index contributed by atoms with van der Waals surface area (Å²) in [4.78, 5) is 13.3. The van der Waals surface area contributed by atoms with Gasteiger partial charge in [0.2, 0.25) is 0 Å². The van der Waals surface area contributed by atoms with Gasteiger partial charge in [0.25, 0.3) is 0 Å². The SMILES string of the molecule is Cc1cc(C)n(CCCNC(=O)N2CCC(O)(C(F)(F)F)CC2)n1. The number of halogens is 3. The first-order valence-electron chi connectivity index (χ1n) is 7.95. The van der Waals surface area contributed by atoms with Crippen molar-refractivity contribution >= 4 is 6.03 Å². The number of carbonyl (C=O) groups excluding carboxylic acids is 1. The highest BCUT2D eigenvalue weighted by Crippen LogP contribution is 2.38. The van der Waals surface area contributed by atoms with Gasteiger partial charge in [0.15, 0.2) is 5.60 Å². The minimum atomic E-state index is -4.66. The summed E-state index contributed by atoms with van der Waals surface area (Å²) in [5, 5.41) is 16.6. The van der Waals surface area contributed by atoms with Crippen molar-refractivity contribution in [1.29, 1.82) is 0 Å². The number of hydrogen-bond acceptors (Lipinski definition) is 3. The molecule has 1 saturated heterocycles. The van der Waals surface area contributed by atoms with Gasteiger partial charge in [-0.3, -0.25) is 4.68 Å². The first-order valence-corrected chi connectivity index (χ1v) is 7.95. The number of rotatable bonds is 4. The van der Waals surface area contributed by atoms with Crippen LogP contribution in [0.1, 0.15) is 30.7 Å². The molecule has 0 aromatic carbocycles. The first kappa shape index (κ1) is 18.6. The Balaban J connectivity index is 1.71. The summed E-state index contributed by atoms with van der Waals surface area (Å²) >= 11 is 0. The highest BCUT2D eigenvalue weighted by atomic mass is 19.4. The summed E-state index contributed by atoms with van der Waals surface area (Å²) in [6.45, 7) is 4.71. The van der Waals surface area contributed by atoms with Crippen molar-refractivity contribution in [3.63, 3.8) is 0 Å². The van der Waals surface area contributed by atoms with Crippen LogP contribution in [-0.4, -0.2) is 57.2 Å². The van der Waals surface area contributed by atoms with E-state index < -0.39 is 30.7 Å². The summed E-state index contributed by atoms with van der Waals surface area (Å²) in [6.07, 6.45) is -4.96. The molecule has 0 aliphatic carbocycles. The number of piperidine rings is 1. The Morgan fingerprint density at radius 1 is 1.38 bits per heavy atom. The average Bonchev–Trinajstić information content (AvgIpc) is 2.81. The van der Waals surface area contributed by atoms with Crippen LogP contribution < -0.4 is 5.32 Å². The van der Waals surface area contributed by atoms with Crippen LogP contribution in [0.3, 0.4) is 0 Å². The zero-order valence-electron chi connectivity index (χ0n) is 13.9. The van der Waals surface area contributed by atoms with E-state index in [1.807, 2.05) is 24.6 Å². The molecular weight excluding hydrogens is 325 g/mol. The molecule has 0 saturated carbocycles. The van der Waals surface area contributed by atoms with Crippen LogP contribution in [0.25, 0.3) is 0 Å². The molecule has 1 aromatic heterocycles. The van der Waals surface area contributed by atoms with Gasteiger partial charge in [0.05, 0.1) is 5.69 Å². The van der Waals surface area contributed by atoms with E-state index in [9.17, 15) is 23.1 Å². The molecule has 24 heavy (non-hydrogen) atoms. The topological polar surface area (TPSA) is 70.4 Å². The molecule has 0 bridgehead atoms. The minimum absolute atomic E-state index is 0.112. The molecule has 1 fully saturated rings. The van der Waals surface area contributed by atoms with Crippen LogP contribution in [0.5, 0.6) is 0 Å². The fraction of sp³-hybridized carbons (Fsp3) is 0.733. The molecular formula is C15H23F3N4O2. The lowest BCUT2D eigenvalue weighted by Crippen LogP contribution is -2.55. The number of nitrogens with one attached hydrogen (secondary N) is 1. The van der Waals surface area contributed by atoms with Crippen LogP contribution in [0, 0.1) is 13.8 Å². The van der Waals surface area contributed by atoms with Gasteiger partial charge >= 0.3 is 12.2 Å². The number of aliphatic hydroxyl groups is 1. The molecule has 1 aliphatic rings. The molecule has 2 N–H and O–H groups in total. The monoisotopic (exact) mass is 348 g/mol. The second kappa shape index (κ2) is 7.00. The zero-order valence-corrected chi connectivity index (χ0v) is 13.9. The van der Waals surface area contributed by atoms with E-state index in [2.05, 4.69) is 10.4 Å². The lowest BCUT2D eigenvalue weighted by atomic mass is 9.91. The molecule has 1 aliphatic heterocycles. The maximum atomic E-state index is 12.7. The molecule has 136 valence electrons.